The Balaban J connectivity index is 2.19. The summed E-state index contributed by atoms with van der Waals surface area (Å²) >= 11 is 6.05. The molecule has 0 aliphatic rings. The largest absolute Gasteiger partial charge is 0.486 e. The second-order valence-corrected chi connectivity index (χ2v) is 4.56. The lowest BCUT2D eigenvalue weighted by molar-refractivity contribution is 0.0693. The van der Waals surface area contributed by atoms with Crippen LogP contribution in [0.5, 0.6) is 5.75 Å². The number of carboxylic acids is 1. The molecule has 5 nitrogen and oxygen atoms in total. The van der Waals surface area contributed by atoms with E-state index in [2.05, 4.69) is 5.10 Å². The summed E-state index contributed by atoms with van der Waals surface area (Å²) in [6.45, 7) is 2.03. The van der Waals surface area contributed by atoms with E-state index in [4.69, 9.17) is 21.4 Å². The predicted molar refractivity (Wildman–Crippen MR) is 70.7 cm³/mol. The highest BCUT2D eigenvalue weighted by Crippen LogP contribution is 2.26. The van der Waals surface area contributed by atoms with E-state index < -0.39 is 5.97 Å². The smallest absolute Gasteiger partial charge is 0.339 e. The maximum atomic E-state index is 11.0. The van der Waals surface area contributed by atoms with Gasteiger partial charge in [0.2, 0.25) is 0 Å². The molecule has 19 heavy (non-hydrogen) atoms. The third kappa shape index (κ3) is 2.88. The molecular formula is C13H13ClN2O3. The van der Waals surface area contributed by atoms with Crippen molar-refractivity contribution in [2.45, 2.75) is 13.5 Å². The van der Waals surface area contributed by atoms with Crippen molar-refractivity contribution in [3.05, 3.63) is 46.2 Å². The van der Waals surface area contributed by atoms with Crippen molar-refractivity contribution >= 4 is 17.6 Å². The SMILES string of the molecule is Cc1ccc(OCc2c(C(=O)O)cnn2C)c(Cl)c1. The van der Waals surface area contributed by atoms with Crippen LogP contribution in [0.1, 0.15) is 21.6 Å². The molecule has 0 saturated carbocycles. The average Bonchev–Trinajstić information content (AvgIpc) is 2.70. The van der Waals surface area contributed by atoms with Crippen LogP contribution in [0.25, 0.3) is 0 Å². The molecule has 0 aliphatic heterocycles. The maximum Gasteiger partial charge on any atom is 0.339 e. The van der Waals surface area contributed by atoms with Crippen molar-refractivity contribution in [2.75, 3.05) is 0 Å². The Morgan fingerprint density at radius 1 is 1.53 bits per heavy atom. The van der Waals surface area contributed by atoms with Gasteiger partial charge in [-0.15, -0.1) is 0 Å². The molecule has 100 valence electrons. The summed E-state index contributed by atoms with van der Waals surface area (Å²) in [6.07, 6.45) is 1.30. The Bertz CT molecular complexity index is 622. The highest BCUT2D eigenvalue weighted by atomic mass is 35.5. The molecule has 1 aromatic heterocycles. The number of nitrogens with zero attached hydrogens (tertiary/aromatic N) is 2. The fourth-order valence-electron chi connectivity index (χ4n) is 1.68. The van der Waals surface area contributed by atoms with Crippen LogP contribution in [0, 0.1) is 6.92 Å². The van der Waals surface area contributed by atoms with Crippen LogP contribution in [0.2, 0.25) is 5.02 Å². The number of rotatable bonds is 4. The summed E-state index contributed by atoms with van der Waals surface area (Å²) in [4.78, 5) is 11.0. The molecule has 0 atom stereocenters. The van der Waals surface area contributed by atoms with Gasteiger partial charge in [0.15, 0.2) is 0 Å². The van der Waals surface area contributed by atoms with E-state index in [-0.39, 0.29) is 12.2 Å². The fraction of sp³-hybridized carbons (Fsp3) is 0.231. The number of ether oxygens (including phenoxy) is 1. The Morgan fingerprint density at radius 3 is 2.89 bits per heavy atom. The van der Waals surface area contributed by atoms with Crippen molar-refractivity contribution in [2.24, 2.45) is 7.05 Å². The van der Waals surface area contributed by atoms with Crippen molar-refractivity contribution < 1.29 is 14.6 Å². The molecule has 0 fully saturated rings. The normalized spacial score (nSPS) is 10.5. The minimum atomic E-state index is -1.03. The summed E-state index contributed by atoms with van der Waals surface area (Å²) in [5.41, 5.74) is 1.65. The molecule has 2 aromatic rings. The highest BCUT2D eigenvalue weighted by molar-refractivity contribution is 6.32. The lowest BCUT2D eigenvalue weighted by Gasteiger charge is -2.09. The molecule has 6 heteroatoms. The van der Waals surface area contributed by atoms with E-state index in [9.17, 15) is 4.79 Å². The van der Waals surface area contributed by atoms with Crippen molar-refractivity contribution in [1.29, 1.82) is 0 Å². The molecule has 0 radical (unpaired) electrons. The van der Waals surface area contributed by atoms with Gasteiger partial charge < -0.3 is 9.84 Å². The number of aryl methyl sites for hydroxylation is 2. The lowest BCUT2D eigenvalue weighted by Crippen LogP contribution is -2.08. The Kier molecular flexibility index (Phi) is 3.76. The van der Waals surface area contributed by atoms with Crippen molar-refractivity contribution in [3.8, 4) is 5.75 Å². The number of carbonyl (C=O) groups is 1. The molecular weight excluding hydrogens is 268 g/mol. The zero-order valence-electron chi connectivity index (χ0n) is 10.6. The first-order valence-electron chi connectivity index (χ1n) is 5.62. The molecule has 0 saturated heterocycles. The summed E-state index contributed by atoms with van der Waals surface area (Å²) in [7, 11) is 1.67. The minimum absolute atomic E-state index is 0.0981. The number of carboxylic acid groups (broad SMARTS) is 1. The van der Waals surface area contributed by atoms with Crippen LogP contribution in [0.3, 0.4) is 0 Å². The first kappa shape index (κ1) is 13.4. The van der Waals surface area contributed by atoms with Gasteiger partial charge in [-0.1, -0.05) is 17.7 Å². The molecule has 0 amide bonds. The predicted octanol–water partition coefficient (Wildman–Crippen LogP) is 2.66. The Hall–Kier alpha value is -2.01. The van der Waals surface area contributed by atoms with Gasteiger partial charge >= 0.3 is 5.97 Å². The first-order chi connectivity index (χ1) is 8.99. The van der Waals surface area contributed by atoms with Crippen LogP contribution in [-0.2, 0) is 13.7 Å². The number of hydrogen-bond donors (Lipinski definition) is 1. The number of hydrogen-bond acceptors (Lipinski definition) is 3. The van der Waals surface area contributed by atoms with Crippen LogP contribution in [-0.4, -0.2) is 20.9 Å². The summed E-state index contributed by atoms with van der Waals surface area (Å²) in [5.74, 6) is -0.508. The van der Waals surface area contributed by atoms with Crippen molar-refractivity contribution in [1.82, 2.24) is 9.78 Å². The van der Waals surface area contributed by atoms with Gasteiger partial charge in [-0.25, -0.2) is 4.79 Å². The van der Waals surface area contributed by atoms with Gasteiger partial charge in [-0.2, -0.15) is 5.10 Å². The van der Waals surface area contributed by atoms with E-state index in [1.807, 2.05) is 13.0 Å². The fourth-order valence-corrected chi connectivity index (χ4v) is 1.97. The summed E-state index contributed by atoms with van der Waals surface area (Å²) in [5, 5.41) is 13.4. The van der Waals surface area contributed by atoms with Crippen LogP contribution in [0.15, 0.2) is 24.4 Å². The van der Waals surface area contributed by atoms with Crippen molar-refractivity contribution in [3.63, 3.8) is 0 Å². The van der Waals surface area contributed by atoms with Gasteiger partial charge in [0.1, 0.15) is 17.9 Å². The van der Waals surface area contributed by atoms with E-state index in [1.165, 1.54) is 10.9 Å². The molecule has 0 bridgehead atoms. The topological polar surface area (TPSA) is 64.3 Å². The van der Waals surface area contributed by atoms with Gasteiger partial charge in [-0.3, -0.25) is 4.68 Å². The molecule has 1 aromatic carbocycles. The molecule has 1 heterocycles. The zero-order valence-corrected chi connectivity index (χ0v) is 11.3. The monoisotopic (exact) mass is 280 g/mol. The quantitative estimate of drug-likeness (QED) is 0.935. The third-order valence-electron chi connectivity index (χ3n) is 2.74. The van der Waals surface area contributed by atoms with E-state index in [0.29, 0.717) is 16.5 Å². The summed E-state index contributed by atoms with van der Waals surface area (Å²) in [6, 6.07) is 5.43. The van der Waals surface area contributed by atoms with Gasteiger partial charge in [0, 0.05) is 7.05 Å². The van der Waals surface area contributed by atoms with Gasteiger partial charge in [-0.05, 0) is 24.6 Å². The van der Waals surface area contributed by atoms with E-state index in [0.717, 1.165) is 5.56 Å². The number of benzene rings is 1. The third-order valence-corrected chi connectivity index (χ3v) is 3.04. The minimum Gasteiger partial charge on any atom is -0.486 e. The molecule has 0 unspecified atom stereocenters. The number of halogens is 1. The Morgan fingerprint density at radius 2 is 2.26 bits per heavy atom. The molecule has 0 spiro atoms. The molecule has 1 N–H and O–H groups in total. The number of aromatic nitrogens is 2. The lowest BCUT2D eigenvalue weighted by atomic mass is 10.2. The van der Waals surface area contributed by atoms with E-state index in [1.54, 1.807) is 19.2 Å². The summed E-state index contributed by atoms with van der Waals surface area (Å²) < 4.78 is 7.03. The molecule has 2 rings (SSSR count). The van der Waals surface area contributed by atoms with Crippen LogP contribution >= 0.6 is 11.6 Å². The maximum absolute atomic E-state index is 11.0. The van der Waals surface area contributed by atoms with Gasteiger partial charge in [0.05, 0.1) is 16.9 Å². The van der Waals surface area contributed by atoms with Crippen LogP contribution in [0.4, 0.5) is 0 Å². The van der Waals surface area contributed by atoms with E-state index >= 15 is 0 Å². The Labute approximate surface area is 115 Å². The average molecular weight is 281 g/mol. The van der Waals surface area contributed by atoms with Crippen LogP contribution < -0.4 is 4.74 Å². The first-order valence-corrected chi connectivity index (χ1v) is 6.00. The zero-order chi connectivity index (χ0) is 14.0. The standard InChI is InChI=1S/C13H13ClN2O3/c1-8-3-4-12(10(14)5-8)19-7-11-9(13(17)18)6-15-16(11)2/h3-6H,7H2,1-2H3,(H,17,18). The molecule has 0 aliphatic carbocycles. The highest BCUT2D eigenvalue weighted by Gasteiger charge is 2.15. The number of aromatic carboxylic acids is 1. The van der Waals surface area contributed by atoms with Gasteiger partial charge in [0.25, 0.3) is 0 Å². The second-order valence-electron chi connectivity index (χ2n) is 4.16. The second kappa shape index (κ2) is 5.32.